The number of carboxylic acids is 1. The van der Waals surface area contributed by atoms with Crippen molar-refractivity contribution in [3.63, 3.8) is 0 Å². The van der Waals surface area contributed by atoms with Gasteiger partial charge in [-0.25, -0.2) is 0 Å². The summed E-state index contributed by atoms with van der Waals surface area (Å²) in [5, 5.41) is 11.7. The molecular formula is C15H21NO4. The quantitative estimate of drug-likeness (QED) is 0.837. The number of carboxylic acid groups (broad SMARTS) is 1. The lowest BCUT2D eigenvalue weighted by molar-refractivity contribution is -0.137. The third-order valence-electron chi connectivity index (χ3n) is 3.12. The molecule has 0 bridgehead atoms. The third-order valence-corrected chi connectivity index (χ3v) is 3.12. The van der Waals surface area contributed by atoms with Gasteiger partial charge >= 0.3 is 5.97 Å². The summed E-state index contributed by atoms with van der Waals surface area (Å²) < 4.78 is 5.17. The van der Waals surface area contributed by atoms with Gasteiger partial charge in [-0.1, -0.05) is 25.5 Å². The van der Waals surface area contributed by atoms with Gasteiger partial charge in [0.2, 0.25) is 0 Å². The maximum atomic E-state index is 12.3. The van der Waals surface area contributed by atoms with E-state index in [1.807, 2.05) is 26.8 Å². The normalized spacial score (nSPS) is 12.1. The van der Waals surface area contributed by atoms with Crippen LogP contribution in [0.3, 0.4) is 0 Å². The fraction of sp³-hybridized carbons (Fsp3) is 0.467. The summed E-state index contributed by atoms with van der Waals surface area (Å²) in [5.41, 5.74) is 1.36. The van der Waals surface area contributed by atoms with Crippen molar-refractivity contribution in [2.24, 2.45) is 5.92 Å². The Morgan fingerprint density at radius 3 is 2.50 bits per heavy atom. The van der Waals surface area contributed by atoms with Gasteiger partial charge in [0.25, 0.3) is 5.91 Å². The van der Waals surface area contributed by atoms with Gasteiger partial charge in [0.15, 0.2) is 0 Å². The van der Waals surface area contributed by atoms with E-state index in [0.717, 1.165) is 5.56 Å². The Kier molecular flexibility index (Phi) is 5.55. The maximum Gasteiger partial charge on any atom is 0.305 e. The van der Waals surface area contributed by atoms with Crippen molar-refractivity contribution < 1.29 is 19.4 Å². The van der Waals surface area contributed by atoms with Crippen molar-refractivity contribution in [3.8, 4) is 5.75 Å². The Morgan fingerprint density at radius 1 is 1.35 bits per heavy atom. The Bertz CT molecular complexity index is 497. The molecule has 1 amide bonds. The molecule has 0 aliphatic carbocycles. The van der Waals surface area contributed by atoms with E-state index < -0.39 is 12.0 Å². The van der Waals surface area contributed by atoms with Crippen molar-refractivity contribution in [3.05, 3.63) is 29.3 Å². The van der Waals surface area contributed by atoms with Crippen molar-refractivity contribution >= 4 is 11.9 Å². The fourth-order valence-corrected chi connectivity index (χ4v) is 1.89. The van der Waals surface area contributed by atoms with Gasteiger partial charge in [0.1, 0.15) is 5.75 Å². The molecule has 1 unspecified atom stereocenters. The van der Waals surface area contributed by atoms with Crippen molar-refractivity contribution in [1.29, 1.82) is 0 Å². The third kappa shape index (κ3) is 4.26. The second-order valence-corrected chi connectivity index (χ2v) is 5.13. The molecule has 0 heterocycles. The Morgan fingerprint density at radius 2 is 2.00 bits per heavy atom. The lowest BCUT2D eigenvalue weighted by Gasteiger charge is -2.21. The monoisotopic (exact) mass is 279 g/mol. The highest BCUT2D eigenvalue weighted by Gasteiger charge is 2.21. The van der Waals surface area contributed by atoms with Crippen LogP contribution in [-0.4, -0.2) is 30.1 Å². The molecule has 0 fully saturated rings. The van der Waals surface area contributed by atoms with E-state index in [2.05, 4.69) is 5.32 Å². The predicted octanol–water partition coefficient (Wildman–Crippen LogP) is 2.23. The number of benzene rings is 1. The minimum Gasteiger partial charge on any atom is -0.496 e. The van der Waals surface area contributed by atoms with Crippen LogP contribution in [0.25, 0.3) is 0 Å². The number of carbonyl (C=O) groups is 2. The smallest absolute Gasteiger partial charge is 0.305 e. The molecule has 0 saturated carbocycles. The molecule has 2 N–H and O–H groups in total. The maximum absolute atomic E-state index is 12.3. The first kappa shape index (κ1) is 16.0. The molecule has 1 atom stereocenters. The van der Waals surface area contributed by atoms with Gasteiger partial charge in [-0.15, -0.1) is 0 Å². The standard InChI is InChI=1S/C15H21NO4/c1-9(2)12(8-14(17)18)16-15(19)11-7-10(3)5-6-13(11)20-4/h5-7,9,12H,8H2,1-4H3,(H,16,19)(H,17,18). The van der Waals surface area contributed by atoms with Crippen LogP contribution in [0.1, 0.15) is 36.2 Å². The van der Waals surface area contributed by atoms with E-state index in [0.29, 0.717) is 11.3 Å². The predicted molar refractivity (Wildman–Crippen MR) is 76.1 cm³/mol. The number of aryl methyl sites for hydroxylation is 1. The highest BCUT2D eigenvalue weighted by Crippen LogP contribution is 2.20. The minimum atomic E-state index is -0.930. The summed E-state index contributed by atoms with van der Waals surface area (Å²) in [5.74, 6) is -0.734. The van der Waals surface area contributed by atoms with Crippen LogP contribution in [0.2, 0.25) is 0 Å². The molecule has 5 nitrogen and oxygen atoms in total. The second-order valence-electron chi connectivity index (χ2n) is 5.13. The topological polar surface area (TPSA) is 75.6 Å². The van der Waals surface area contributed by atoms with Gasteiger partial charge in [0, 0.05) is 6.04 Å². The average molecular weight is 279 g/mol. The number of methoxy groups -OCH3 is 1. The largest absolute Gasteiger partial charge is 0.496 e. The van der Waals surface area contributed by atoms with Crippen LogP contribution in [0.15, 0.2) is 18.2 Å². The molecule has 1 aromatic rings. The molecule has 1 rings (SSSR count). The zero-order valence-electron chi connectivity index (χ0n) is 12.3. The van der Waals surface area contributed by atoms with Crippen molar-refractivity contribution in [2.75, 3.05) is 7.11 Å². The van der Waals surface area contributed by atoms with Crippen LogP contribution < -0.4 is 10.1 Å². The molecule has 0 saturated heterocycles. The number of aliphatic carboxylic acids is 1. The first-order valence-corrected chi connectivity index (χ1v) is 6.52. The van der Waals surface area contributed by atoms with E-state index in [4.69, 9.17) is 9.84 Å². The van der Waals surface area contributed by atoms with Crippen LogP contribution in [0.4, 0.5) is 0 Å². The van der Waals surface area contributed by atoms with E-state index in [-0.39, 0.29) is 18.2 Å². The van der Waals surface area contributed by atoms with Gasteiger partial charge in [-0.2, -0.15) is 0 Å². The zero-order chi connectivity index (χ0) is 15.3. The number of hydrogen-bond donors (Lipinski definition) is 2. The summed E-state index contributed by atoms with van der Waals surface area (Å²) in [6, 6.07) is 4.90. The summed E-state index contributed by atoms with van der Waals surface area (Å²) in [7, 11) is 1.50. The molecule has 5 heteroatoms. The number of amides is 1. The second kappa shape index (κ2) is 6.93. The lowest BCUT2D eigenvalue weighted by Crippen LogP contribution is -2.40. The minimum absolute atomic E-state index is 0.0332. The van der Waals surface area contributed by atoms with E-state index in [9.17, 15) is 9.59 Å². The molecule has 0 aliphatic heterocycles. The summed E-state index contributed by atoms with van der Waals surface area (Å²) >= 11 is 0. The molecule has 0 aromatic heterocycles. The number of rotatable bonds is 6. The molecular weight excluding hydrogens is 258 g/mol. The van der Waals surface area contributed by atoms with Crippen LogP contribution in [0, 0.1) is 12.8 Å². The highest BCUT2D eigenvalue weighted by molar-refractivity contribution is 5.97. The van der Waals surface area contributed by atoms with Gasteiger partial charge in [-0.3, -0.25) is 9.59 Å². The molecule has 1 aromatic carbocycles. The average Bonchev–Trinajstić information content (AvgIpc) is 2.37. The number of ether oxygens (including phenoxy) is 1. The van der Waals surface area contributed by atoms with E-state index in [1.54, 1.807) is 12.1 Å². The number of hydrogen-bond acceptors (Lipinski definition) is 3. The molecule has 0 radical (unpaired) electrons. The lowest BCUT2D eigenvalue weighted by atomic mass is 10.00. The first-order valence-electron chi connectivity index (χ1n) is 6.52. The van der Waals surface area contributed by atoms with Gasteiger partial charge in [-0.05, 0) is 25.0 Å². The van der Waals surface area contributed by atoms with Crippen molar-refractivity contribution in [1.82, 2.24) is 5.32 Å². The zero-order valence-corrected chi connectivity index (χ0v) is 12.3. The van der Waals surface area contributed by atoms with E-state index >= 15 is 0 Å². The SMILES string of the molecule is COc1ccc(C)cc1C(=O)NC(CC(=O)O)C(C)C. The molecule has 0 aliphatic rings. The van der Waals surface area contributed by atoms with Gasteiger partial charge in [0.05, 0.1) is 19.1 Å². The van der Waals surface area contributed by atoms with Crippen molar-refractivity contribution in [2.45, 2.75) is 33.2 Å². The fourth-order valence-electron chi connectivity index (χ4n) is 1.89. The van der Waals surface area contributed by atoms with E-state index in [1.165, 1.54) is 7.11 Å². The van der Waals surface area contributed by atoms with Crippen LogP contribution in [-0.2, 0) is 4.79 Å². The molecule has 0 spiro atoms. The first-order chi connectivity index (χ1) is 9.35. The number of nitrogens with one attached hydrogen (secondary N) is 1. The van der Waals surface area contributed by atoms with Crippen LogP contribution in [0.5, 0.6) is 5.75 Å². The Balaban J connectivity index is 2.94. The van der Waals surface area contributed by atoms with Crippen LogP contribution >= 0.6 is 0 Å². The Labute approximate surface area is 118 Å². The van der Waals surface area contributed by atoms with Gasteiger partial charge < -0.3 is 15.2 Å². The summed E-state index contributed by atoms with van der Waals surface area (Å²) in [6.45, 7) is 5.64. The molecule has 20 heavy (non-hydrogen) atoms. The number of carbonyl (C=O) groups excluding carboxylic acids is 1. The Hall–Kier alpha value is -2.04. The highest BCUT2D eigenvalue weighted by atomic mass is 16.5. The summed E-state index contributed by atoms with van der Waals surface area (Å²) in [6.07, 6.45) is -0.0997. The molecule has 110 valence electrons. The summed E-state index contributed by atoms with van der Waals surface area (Å²) in [4.78, 5) is 23.1.